The highest BCUT2D eigenvalue weighted by molar-refractivity contribution is 5.68. The summed E-state index contributed by atoms with van der Waals surface area (Å²) in [6.45, 7) is -0.446. The molecule has 0 aliphatic rings. The summed E-state index contributed by atoms with van der Waals surface area (Å²) < 4.78 is 88.0. The molecule has 4 aromatic carbocycles. The average molecular weight is 531 g/mol. The first-order chi connectivity index (χ1) is 17.9. The van der Waals surface area contributed by atoms with Crippen molar-refractivity contribution in [1.29, 1.82) is 0 Å². The van der Waals surface area contributed by atoms with Gasteiger partial charge in [-0.15, -0.1) is 0 Å². The second-order valence-electron chi connectivity index (χ2n) is 8.69. The van der Waals surface area contributed by atoms with Crippen molar-refractivity contribution in [3.05, 3.63) is 120 Å². The zero-order valence-electron chi connectivity index (χ0n) is 19.9. The summed E-state index contributed by atoms with van der Waals surface area (Å²) in [4.78, 5) is 0. The molecule has 0 fully saturated rings. The van der Waals surface area contributed by atoms with Crippen LogP contribution in [-0.2, 0) is 19.1 Å². The second-order valence-corrected chi connectivity index (χ2v) is 8.69. The molecule has 38 heavy (non-hydrogen) atoms. The van der Waals surface area contributed by atoms with Gasteiger partial charge < -0.3 is 9.84 Å². The fourth-order valence-corrected chi connectivity index (χ4v) is 3.98. The number of nitrogens with one attached hydrogen (secondary N) is 1. The molecule has 0 amide bonds. The first-order valence-electron chi connectivity index (χ1n) is 11.6. The maximum atomic E-state index is 14.0. The SMILES string of the molecule is OC(Cc1cccc(Oc2ccccc2)c1)(NCc1cccc(-c2ccccc2C(F)(F)F)c1)C(F)(F)F. The molecule has 0 saturated carbocycles. The van der Waals surface area contributed by atoms with E-state index in [1.807, 2.05) is 0 Å². The van der Waals surface area contributed by atoms with Crippen LogP contribution in [0.3, 0.4) is 0 Å². The van der Waals surface area contributed by atoms with Crippen molar-refractivity contribution in [2.24, 2.45) is 0 Å². The Morgan fingerprint density at radius 2 is 1.29 bits per heavy atom. The van der Waals surface area contributed by atoms with Gasteiger partial charge in [-0.25, -0.2) is 0 Å². The summed E-state index contributed by atoms with van der Waals surface area (Å²) in [5.41, 5.74) is -3.63. The number of hydrogen-bond donors (Lipinski definition) is 2. The molecule has 1 unspecified atom stereocenters. The van der Waals surface area contributed by atoms with Crippen LogP contribution in [0.5, 0.6) is 11.5 Å². The molecule has 1 atom stereocenters. The van der Waals surface area contributed by atoms with Crippen LogP contribution < -0.4 is 10.1 Å². The van der Waals surface area contributed by atoms with Gasteiger partial charge in [0, 0.05) is 13.0 Å². The van der Waals surface area contributed by atoms with Gasteiger partial charge in [0.05, 0.1) is 5.56 Å². The van der Waals surface area contributed by atoms with Crippen molar-refractivity contribution in [2.75, 3.05) is 0 Å². The highest BCUT2D eigenvalue weighted by Crippen LogP contribution is 2.37. The Morgan fingerprint density at radius 1 is 0.658 bits per heavy atom. The first-order valence-corrected chi connectivity index (χ1v) is 11.6. The third-order valence-electron chi connectivity index (χ3n) is 5.86. The quantitative estimate of drug-likeness (QED) is 0.181. The molecule has 0 bridgehead atoms. The molecule has 0 aromatic heterocycles. The maximum absolute atomic E-state index is 14.0. The van der Waals surface area contributed by atoms with Crippen molar-refractivity contribution >= 4 is 0 Å². The summed E-state index contributed by atoms with van der Waals surface area (Å²) in [6.07, 6.45) is -10.5. The third kappa shape index (κ3) is 6.54. The smallest absolute Gasteiger partial charge is 0.431 e. The van der Waals surface area contributed by atoms with Crippen LogP contribution in [0.15, 0.2) is 103 Å². The van der Waals surface area contributed by atoms with E-state index in [0.717, 1.165) is 6.07 Å². The lowest BCUT2D eigenvalue weighted by atomic mass is 9.97. The predicted molar refractivity (Wildman–Crippen MR) is 131 cm³/mol. The first kappa shape index (κ1) is 27.2. The fraction of sp³-hybridized carbons (Fsp3) is 0.172. The number of halogens is 6. The number of ether oxygens (including phenoxy) is 1. The van der Waals surface area contributed by atoms with Gasteiger partial charge in [-0.2, -0.15) is 26.3 Å². The number of hydrogen-bond acceptors (Lipinski definition) is 3. The Morgan fingerprint density at radius 3 is 2.00 bits per heavy atom. The van der Waals surface area contributed by atoms with Gasteiger partial charge in [-0.1, -0.05) is 66.7 Å². The number of aliphatic hydroxyl groups is 1. The summed E-state index contributed by atoms with van der Waals surface area (Å²) in [5.74, 6) is 0.801. The largest absolute Gasteiger partial charge is 0.457 e. The van der Waals surface area contributed by atoms with E-state index in [1.165, 1.54) is 60.7 Å². The van der Waals surface area contributed by atoms with Gasteiger partial charge in [0.25, 0.3) is 0 Å². The minimum absolute atomic E-state index is 0.0943. The van der Waals surface area contributed by atoms with E-state index in [0.29, 0.717) is 11.5 Å². The van der Waals surface area contributed by atoms with Crippen molar-refractivity contribution in [2.45, 2.75) is 31.0 Å². The minimum atomic E-state index is -5.05. The zero-order valence-corrected chi connectivity index (χ0v) is 19.9. The molecule has 198 valence electrons. The van der Waals surface area contributed by atoms with Crippen molar-refractivity contribution in [3.63, 3.8) is 0 Å². The summed E-state index contributed by atoms with van der Waals surface area (Å²) >= 11 is 0. The number of alkyl halides is 6. The molecule has 0 saturated heterocycles. The van der Waals surface area contributed by atoms with E-state index in [1.54, 1.807) is 36.4 Å². The molecule has 4 rings (SSSR count). The molecule has 0 aliphatic carbocycles. The number of rotatable bonds is 8. The topological polar surface area (TPSA) is 41.5 Å². The second kappa shape index (κ2) is 10.9. The molecule has 2 N–H and O–H groups in total. The molecule has 9 heteroatoms. The molecular formula is C29H23F6NO2. The van der Waals surface area contributed by atoms with Crippen LogP contribution in [-0.4, -0.2) is 17.0 Å². The summed E-state index contributed by atoms with van der Waals surface area (Å²) in [5, 5.41) is 12.8. The van der Waals surface area contributed by atoms with Gasteiger partial charge in [-0.3, -0.25) is 5.32 Å². The normalized spacial score (nSPS) is 13.7. The van der Waals surface area contributed by atoms with Crippen molar-refractivity contribution < 1.29 is 36.2 Å². The number of para-hydroxylation sites is 1. The molecule has 0 aliphatic heterocycles. The van der Waals surface area contributed by atoms with Gasteiger partial charge in [0.2, 0.25) is 5.72 Å². The lowest BCUT2D eigenvalue weighted by Crippen LogP contribution is -2.58. The van der Waals surface area contributed by atoms with E-state index >= 15 is 0 Å². The molecule has 0 spiro atoms. The molecule has 0 radical (unpaired) electrons. The Labute approximate surface area is 215 Å². The van der Waals surface area contributed by atoms with Crippen LogP contribution in [0.1, 0.15) is 16.7 Å². The van der Waals surface area contributed by atoms with E-state index in [4.69, 9.17) is 4.74 Å². The minimum Gasteiger partial charge on any atom is -0.457 e. The monoisotopic (exact) mass is 531 g/mol. The lowest BCUT2D eigenvalue weighted by Gasteiger charge is -2.32. The lowest BCUT2D eigenvalue weighted by molar-refractivity contribution is -0.273. The summed E-state index contributed by atoms with van der Waals surface area (Å²) in [7, 11) is 0. The van der Waals surface area contributed by atoms with Crippen molar-refractivity contribution in [3.8, 4) is 22.6 Å². The highest BCUT2D eigenvalue weighted by Gasteiger charge is 2.53. The summed E-state index contributed by atoms with van der Waals surface area (Å²) in [6, 6.07) is 25.3. The van der Waals surface area contributed by atoms with Crippen molar-refractivity contribution in [1.82, 2.24) is 5.32 Å². The Kier molecular flexibility index (Phi) is 7.80. The average Bonchev–Trinajstić information content (AvgIpc) is 2.87. The van der Waals surface area contributed by atoms with E-state index in [-0.39, 0.29) is 22.3 Å². The molecule has 4 aromatic rings. The van der Waals surface area contributed by atoms with Crippen LogP contribution in [0.2, 0.25) is 0 Å². The maximum Gasteiger partial charge on any atom is 0.431 e. The zero-order chi connectivity index (χ0) is 27.4. The molecule has 3 nitrogen and oxygen atoms in total. The van der Waals surface area contributed by atoms with Gasteiger partial charge in [0.1, 0.15) is 11.5 Å². The van der Waals surface area contributed by atoms with Crippen LogP contribution in [0.25, 0.3) is 11.1 Å². The van der Waals surface area contributed by atoms with E-state index in [2.05, 4.69) is 5.32 Å². The van der Waals surface area contributed by atoms with Crippen LogP contribution in [0.4, 0.5) is 26.3 Å². The molecule has 0 heterocycles. The van der Waals surface area contributed by atoms with E-state index < -0.39 is 36.6 Å². The van der Waals surface area contributed by atoms with Gasteiger partial charge >= 0.3 is 12.4 Å². The standard InChI is InChI=1S/C29H23F6NO2/c30-28(31,32)26-15-5-4-14-25(26)22-10-6-9-21(16-22)19-36-27(37,29(33,34)35)18-20-8-7-13-24(17-20)38-23-11-2-1-3-12-23/h1-17,36-37H,18-19H2. The van der Waals surface area contributed by atoms with Gasteiger partial charge in [0.15, 0.2) is 0 Å². The Balaban J connectivity index is 1.54. The van der Waals surface area contributed by atoms with Gasteiger partial charge in [-0.05, 0) is 58.7 Å². The Bertz CT molecular complexity index is 1370. The van der Waals surface area contributed by atoms with Crippen LogP contribution in [0, 0.1) is 0 Å². The highest BCUT2D eigenvalue weighted by atomic mass is 19.4. The molecular weight excluding hydrogens is 508 g/mol. The Hall–Kier alpha value is -3.82. The predicted octanol–water partition coefficient (Wildman–Crippen LogP) is 7.75. The number of benzene rings is 4. The van der Waals surface area contributed by atoms with E-state index in [9.17, 15) is 31.4 Å². The third-order valence-corrected chi connectivity index (χ3v) is 5.86. The van der Waals surface area contributed by atoms with Crippen LogP contribution >= 0.6 is 0 Å². The fourth-order valence-electron chi connectivity index (χ4n) is 3.98.